The topological polar surface area (TPSA) is 156 Å². The van der Waals surface area contributed by atoms with Gasteiger partial charge in [0.15, 0.2) is 6.29 Å². The van der Waals surface area contributed by atoms with Crippen LogP contribution in [-0.4, -0.2) is 69.4 Å². The summed E-state index contributed by atoms with van der Waals surface area (Å²) in [6.07, 6.45) is 6.28. The minimum absolute atomic E-state index is 0.0314. The molecular formula is C30H43NO8. The van der Waals surface area contributed by atoms with Crippen molar-refractivity contribution >= 4 is 0 Å². The Bertz CT molecular complexity index is 1150. The van der Waals surface area contributed by atoms with E-state index in [1.165, 1.54) is 11.6 Å². The molecule has 1 aromatic heterocycles. The zero-order valence-corrected chi connectivity index (χ0v) is 22.9. The number of hydrogen-bond donors (Lipinski definition) is 5. The Morgan fingerprint density at radius 1 is 1.05 bits per heavy atom. The molecule has 9 nitrogen and oxygen atoms in total. The smallest absolute Gasteiger partial charge is 0.335 e. The van der Waals surface area contributed by atoms with Crippen molar-refractivity contribution in [3.63, 3.8) is 0 Å². The molecule has 4 unspecified atom stereocenters. The van der Waals surface area contributed by atoms with Gasteiger partial charge in [0.05, 0.1) is 30.6 Å². The number of hydrogen-bond acceptors (Lipinski definition) is 9. The van der Waals surface area contributed by atoms with Crippen molar-refractivity contribution in [2.24, 2.45) is 28.4 Å². The zero-order chi connectivity index (χ0) is 27.7. The fraction of sp³-hybridized carbons (Fsp3) is 0.767. The number of nitrogens with two attached hydrogens (primary N) is 1. The molecule has 4 aliphatic carbocycles. The van der Waals surface area contributed by atoms with Gasteiger partial charge in [0.2, 0.25) is 0 Å². The van der Waals surface area contributed by atoms with E-state index >= 15 is 0 Å². The van der Waals surface area contributed by atoms with Crippen LogP contribution in [0, 0.1) is 22.7 Å². The lowest BCUT2D eigenvalue weighted by atomic mass is 9.45. The summed E-state index contributed by atoms with van der Waals surface area (Å²) in [5.41, 5.74) is 7.07. The molecule has 0 radical (unpaired) electrons. The minimum Gasteiger partial charge on any atom is -0.431 e. The highest BCUT2D eigenvalue weighted by atomic mass is 16.7. The summed E-state index contributed by atoms with van der Waals surface area (Å²) in [5, 5.41) is 42.4. The highest BCUT2D eigenvalue weighted by molar-refractivity contribution is 5.31. The molecule has 0 amide bonds. The molecule has 9 heteroatoms. The van der Waals surface area contributed by atoms with Crippen molar-refractivity contribution in [1.29, 1.82) is 0 Å². The molecule has 3 saturated carbocycles. The van der Waals surface area contributed by atoms with Crippen LogP contribution in [0.25, 0.3) is 0 Å². The van der Waals surface area contributed by atoms with Crippen LogP contribution in [0.15, 0.2) is 39.3 Å². The molecule has 4 fully saturated rings. The number of rotatable bonds is 4. The molecule has 6 rings (SSSR count). The van der Waals surface area contributed by atoms with Crippen molar-refractivity contribution < 1.29 is 34.3 Å². The van der Waals surface area contributed by atoms with E-state index in [9.17, 15) is 25.2 Å². The maximum Gasteiger partial charge on any atom is 0.335 e. The second-order valence-electron chi connectivity index (χ2n) is 13.2. The first-order valence-electron chi connectivity index (χ1n) is 14.6. The van der Waals surface area contributed by atoms with Crippen LogP contribution < -0.4 is 11.4 Å². The third-order valence-corrected chi connectivity index (χ3v) is 11.6. The number of allylic oxidation sites excluding steroid dienone is 1. The maximum atomic E-state index is 12.4. The average Bonchev–Trinajstić information content (AvgIpc) is 3.20. The van der Waals surface area contributed by atoms with Crippen LogP contribution in [0.3, 0.4) is 0 Å². The molecular weight excluding hydrogens is 502 g/mol. The van der Waals surface area contributed by atoms with Crippen molar-refractivity contribution in [2.45, 2.75) is 113 Å². The van der Waals surface area contributed by atoms with Crippen LogP contribution in [0.2, 0.25) is 0 Å². The highest BCUT2D eigenvalue weighted by Gasteiger charge is 2.66. The van der Waals surface area contributed by atoms with E-state index in [-0.39, 0.29) is 34.4 Å². The Morgan fingerprint density at radius 3 is 2.56 bits per heavy atom. The van der Waals surface area contributed by atoms with E-state index in [2.05, 4.69) is 19.9 Å². The Kier molecular flexibility index (Phi) is 6.90. The third kappa shape index (κ3) is 4.11. The van der Waals surface area contributed by atoms with Gasteiger partial charge in [-0.25, -0.2) is 4.79 Å². The van der Waals surface area contributed by atoms with Gasteiger partial charge in [0, 0.05) is 11.5 Å². The molecule has 1 saturated heterocycles. The lowest BCUT2D eigenvalue weighted by Crippen LogP contribution is -2.63. The summed E-state index contributed by atoms with van der Waals surface area (Å²) >= 11 is 0. The Hall–Kier alpha value is -1.59. The first-order chi connectivity index (χ1) is 18.5. The van der Waals surface area contributed by atoms with E-state index in [4.69, 9.17) is 19.6 Å². The van der Waals surface area contributed by atoms with E-state index in [1.807, 2.05) is 6.07 Å². The van der Waals surface area contributed by atoms with Crippen molar-refractivity contribution in [2.75, 3.05) is 6.61 Å². The first kappa shape index (κ1) is 27.6. The third-order valence-electron chi connectivity index (χ3n) is 11.6. The first-order valence-corrected chi connectivity index (χ1v) is 14.6. The van der Waals surface area contributed by atoms with Gasteiger partial charge in [-0.2, -0.15) is 0 Å². The summed E-state index contributed by atoms with van der Waals surface area (Å²) in [6, 6.07) is 2.44. The summed E-state index contributed by atoms with van der Waals surface area (Å²) in [4.78, 5) is 11.6. The molecule has 0 aromatic carbocycles. The van der Waals surface area contributed by atoms with Gasteiger partial charge in [-0.1, -0.05) is 25.5 Å². The Balaban J connectivity index is 1.21. The highest BCUT2D eigenvalue weighted by Crippen LogP contribution is 2.70. The van der Waals surface area contributed by atoms with Gasteiger partial charge in [0.1, 0.15) is 18.3 Å². The zero-order valence-electron chi connectivity index (χ0n) is 22.9. The number of aliphatic hydroxyl groups is 4. The molecule has 1 aromatic rings. The summed E-state index contributed by atoms with van der Waals surface area (Å²) < 4.78 is 17.1. The second kappa shape index (κ2) is 9.76. The molecule has 2 heterocycles. The van der Waals surface area contributed by atoms with Gasteiger partial charge < -0.3 is 40.1 Å². The van der Waals surface area contributed by atoms with E-state index in [0.717, 1.165) is 56.9 Å². The standard InChI is InChI=1S/C30H43NO8/c1-28-10-7-18(38-27-24(31)26(35)25(34)22(14-32)39-27)13-17(28)4-5-21-20(28)8-11-29(2)19(9-12-30(21,29)36)16-3-6-23(33)37-15-16/h3,6,13,15,18-22,24-27,32,34-36H,4-5,7-12,14,31H2,1-2H3/t18-,19+,20?,21?,22?,24?,25-,26+,27+,28-,29+,30-/m0/s1. The predicted octanol–water partition coefficient (Wildman–Crippen LogP) is 1.95. The number of ether oxygens (including phenoxy) is 2. The van der Waals surface area contributed by atoms with Crippen LogP contribution in [0.1, 0.15) is 76.7 Å². The Morgan fingerprint density at radius 2 is 1.85 bits per heavy atom. The average molecular weight is 546 g/mol. The van der Waals surface area contributed by atoms with Crippen LogP contribution in [-0.2, 0) is 9.47 Å². The molecule has 0 bridgehead atoms. The van der Waals surface area contributed by atoms with Gasteiger partial charge in [-0.05, 0) is 86.2 Å². The van der Waals surface area contributed by atoms with Crippen LogP contribution in [0.4, 0.5) is 0 Å². The number of aliphatic hydroxyl groups excluding tert-OH is 3. The second-order valence-corrected chi connectivity index (χ2v) is 13.2. The maximum absolute atomic E-state index is 12.4. The monoisotopic (exact) mass is 545 g/mol. The molecule has 39 heavy (non-hydrogen) atoms. The molecule has 12 atom stereocenters. The van der Waals surface area contributed by atoms with Gasteiger partial charge in [-0.3, -0.25) is 0 Å². The molecule has 5 aliphatic rings. The van der Waals surface area contributed by atoms with Crippen LogP contribution >= 0.6 is 0 Å². The minimum atomic E-state index is -1.26. The van der Waals surface area contributed by atoms with E-state index in [1.54, 1.807) is 6.26 Å². The van der Waals surface area contributed by atoms with Crippen molar-refractivity contribution in [3.8, 4) is 0 Å². The summed E-state index contributed by atoms with van der Waals surface area (Å²) in [5.74, 6) is 0.736. The van der Waals surface area contributed by atoms with Gasteiger partial charge in [-0.15, -0.1) is 0 Å². The van der Waals surface area contributed by atoms with E-state index < -0.39 is 42.9 Å². The predicted molar refractivity (Wildman–Crippen MR) is 141 cm³/mol. The quantitative estimate of drug-likeness (QED) is 0.357. The fourth-order valence-electron chi connectivity index (χ4n) is 9.27. The number of fused-ring (bicyclic) bond motifs is 5. The molecule has 216 valence electrons. The lowest BCUT2D eigenvalue weighted by molar-refractivity contribution is -0.275. The molecule has 6 N–H and O–H groups in total. The fourth-order valence-corrected chi connectivity index (χ4v) is 9.27. The van der Waals surface area contributed by atoms with Crippen molar-refractivity contribution in [3.05, 3.63) is 46.0 Å². The van der Waals surface area contributed by atoms with Crippen LogP contribution in [0.5, 0.6) is 0 Å². The molecule has 1 aliphatic heterocycles. The largest absolute Gasteiger partial charge is 0.431 e. The van der Waals surface area contributed by atoms with Gasteiger partial charge >= 0.3 is 5.63 Å². The SMILES string of the molecule is C[C@]12CC[C@H](O[C@@H]3OC(CO)[C@H](O)[C@H](O)C3N)C=C1CCC1C2CC[C@]2(C)[C@@H](c3ccc(=O)oc3)CC[C@]12O. The van der Waals surface area contributed by atoms with Crippen molar-refractivity contribution in [1.82, 2.24) is 0 Å². The normalized spacial score (nSPS) is 49.5. The lowest BCUT2D eigenvalue weighted by Gasteiger charge is -2.62. The van der Waals surface area contributed by atoms with Gasteiger partial charge in [0.25, 0.3) is 0 Å². The summed E-state index contributed by atoms with van der Waals surface area (Å²) in [7, 11) is 0. The summed E-state index contributed by atoms with van der Waals surface area (Å²) in [6.45, 7) is 4.16. The van der Waals surface area contributed by atoms with E-state index in [0.29, 0.717) is 5.92 Å². The molecule has 0 spiro atoms. The Labute approximate surface area is 229 Å².